The van der Waals surface area contributed by atoms with Crippen molar-refractivity contribution in [3.8, 4) is 0 Å². The van der Waals surface area contributed by atoms with Gasteiger partial charge in [0.05, 0.1) is 12.6 Å². The number of nitrogens with zero attached hydrogens (tertiary/aromatic N) is 2. The van der Waals surface area contributed by atoms with Crippen molar-refractivity contribution in [2.24, 2.45) is 0 Å². The molecule has 0 amide bonds. The molecule has 2 N–H and O–H groups in total. The van der Waals surface area contributed by atoms with E-state index in [4.69, 9.17) is 10.5 Å². The van der Waals surface area contributed by atoms with Crippen LogP contribution in [0.25, 0.3) is 0 Å². The number of hydrogen-bond donors (Lipinski definition) is 1. The van der Waals surface area contributed by atoms with Crippen molar-refractivity contribution in [1.82, 2.24) is 4.37 Å². The zero-order valence-corrected chi connectivity index (χ0v) is 11.9. The Kier molecular flexibility index (Phi) is 4.34. The van der Waals surface area contributed by atoms with Gasteiger partial charge in [-0.3, -0.25) is 0 Å². The monoisotopic (exact) mass is 279 g/mol. The number of methoxy groups -OCH3 is 1. The highest BCUT2D eigenvalue weighted by Crippen LogP contribution is 2.34. The van der Waals surface area contributed by atoms with Crippen LogP contribution in [0.5, 0.6) is 0 Å². The molecule has 1 aromatic rings. The molecule has 1 atom stereocenters. The Morgan fingerprint density at radius 1 is 1.59 bits per heavy atom. The molecule has 0 saturated heterocycles. The van der Waals surface area contributed by atoms with Crippen molar-refractivity contribution in [3.05, 3.63) is 0 Å². The summed E-state index contributed by atoms with van der Waals surface area (Å²) >= 11 is 1.08. The summed E-state index contributed by atoms with van der Waals surface area (Å²) in [7, 11) is 0.0231. The maximum Gasteiger partial charge on any atom is 0.182 e. The van der Waals surface area contributed by atoms with Crippen molar-refractivity contribution in [2.45, 2.75) is 17.9 Å². The van der Waals surface area contributed by atoms with Crippen LogP contribution < -0.4 is 10.6 Å². The van der Waals surface area contributed by atoms with E-state index in [1.165, 1.54) is 0 Å². The Hall–Kier alpha value is -0.860. The number of nitrogen functional groups attached to an aromatic ring is 1. The van der Waals surface area contributed by atoms with Gasteiger partial charge in [0.1, 0.15) is 9.90 Å². The average Bonchev–Trinajstić information content (AvgIpc) is 2.58. The molecule has 0 aliphatic carbocycles. The molecule has 0 bridgehead atoms. The van der Waals surface area contributed by atoms with E-state index in [1.807, 2.05) is 11.8 Å². The SMILES string of the molecule is COCC(C)N(C)c1snc(N)c1S(C)(=O)=O. The molecular weight excluding hydrogens is 262 g/mol. The minimum Gasteiger partial charge on any atom is -0.383 e. The first-order valence-electron chi connectivity index (χ1n) is 4.96. The van der Waals surface area contributed by atoms with Gasteiger partial charge in [-0.25, -0.2) is 8.42 Å². The molecule has 1 heterocycles. The molecule has 0 saturated carbocycles. The quantitative estimate of drug-likeness (QED) is 0.849. The largest absolute Gasteiger partial charge is 0.383 e. The van der Waals surface area contributed by atoms with Gasteiger partial charge in [0.2, 0.25) is 0 Å². The number of sulfone groups is 1. The predicted octanol–water partition coefficient (Wildman–Crippen LogP) is 0.600. The van der Waals surface area contributed by atoms with Crippen molar-refractivity contribution in [2.75, 3.05) is 37.7 Å². The summed E-state index contributed by atoms with van der Waals surface area (Å²) in [5.74, 6) is 0.0592. The zero-order valence-electron chi connectivity index (χ0n) is 10.3. The van der Waals surface area contributed by atoms with E-state index in [1.54, 1.807) is 14.2 Å². The molecule has 6 nitrogen and oxygen atoms in total. The van der Waals surface area contributed by atoms with Crippen LogP contribution in [0, 0.1) is 0 Å². The van der Waals surface area contributed by atoms with Crippen molar-refractivity contribution >= 4 is 32.2 Å². The second-order valence-electron chi connectivity index (χ2n) is 3.89. The van der Waals surface area contributed by atoms with Crippen LogP contribution in [0.3, 0.4) is 0 Å². The molecule has 0 aliphatic rings. The number of nitrogens with two attached hydrogens (primary N) is 1. The maximum atomic E-state index is 11.6. The Morgan fingerprint density at radius 2 is 2.18 bits per heavy atom. The molecule has 8 heteroatoms. The van der Waals surface area contributed by atoms with Crippen LogP contribution in [0.15, 0.2) is 4.90 Å². The molecule has 0 fully saturated rings. The Labute approximate surface area is 105 Å². The summed E-state index contributed by atoms with van der Waals surface area (Å²) < 4.78 is 32.2. The average molecular weight is 279 g/mol. The van der Waals surface area contributed by atoms with Crippen LogP contribution in [-0.2, 0) is 14.6 Å². The second kappa shape index (κ2) is 5.19. The number of hydrogen-bond acceptors (Lipinski definition) is 7. The zero-order chi connectivity index (χ0) is 13.2. The first-order valence-corrected chi connectivity index (χ1v) is 7.62. The highest BCUT2D eigenvalue weighted by molar-refractivity contribution is 7.91. The highest BCUT2D eigenvalue weighted by atomic mass is 32.2. The van der Waals surface area contributed by atoms with Crippen LogP contribution in [0.1, 0.15) is 6.92 Å². The van der Waals surface area contributed by atoms with E-state index in [-0.39, 0.29) is 16.8 Å². The molecule has 1 rings (SSSR count). The maximum absolute atomic E-state index is 11.6. The van der Waals surface area contributed by atoms with E-state index >= 15 is 0 Å². The Balaban J connectivity index is 3.16. The summed E-state index contributed by atoms with van der Waals surface area (Å²) in [6.07, 6.45) is 1.13. The lowest BCUT2D eigenvalue weighted by atomic mass is 10.3. The van der Waals surface area contributed by atoms with Gasteiger partial charge in [-0.15, -0.1) is 0 Å². The molecule has 17 heavy (non-hydrogen) atoms. The number of aromatic nitrogens is 1. The summed E-state index contributed by atoms with van der Waals surface area (Å²) in [5.41, 5.74) is 5.60. The second-order valence-corrected chi connectivity index (χ2v) is 6.59. The van der Waals surface area contributed by atoms with Gasteiger partial charge in [0, 0.05) is 20.4 Å². The van der Waals surface area contributed by atoms with Gasteiger partial charge in [0.15, 0.2) is 15.7 Å². The van der Waals surface area contributed by atoms with Crippen LogP contribution >= 0.6 is 11.5 Å². The van der Waals surface area contributed by atoms with E-state index in [2.05, 4.69) is 4.37 Å². The third-order valence-corrected chi connectivity index (χ3v) is 4.64. The summed E-state index contributed by atoms with van der Waals surface area (Å²) in [5, 5.41) is 0.551. The molecule has 1 aromatic heterocycles. The number of ether oxygens (including phenoxy) is 1. The van der Waals surface area contributed by atoms with Gasteiger partial charge in [-0.05, 0) is 18.5 Å². The fraction of sp³-hybridized carbons (Fsp3) is 0.667. The molecule has 1 unspecified atom stereocenters. The van der Waals surface area contributed by atoms with E-state index in [0.717, 1.165) is 17.8 Å². The summed E-state index contributed by atoms with van der Waals surface area (Å²) in [6.45, 7) is 2.43. The lowest BCUT2D eigenvalue weighted by Gasteiger charge is -2.25. The van der Waals surface area contributed by atoms with Crippen LogP contribution in [-0.4, -0.2) is 45.9 Å². The molecular formula is C9H17N3O3S2. The summed E-state index contributed by atoms with van der Waals surface area (Å²) in [4.78, 5) is 1.92. The van der Waals surface area contributed by atoms with Crippen molar-refractivity contribution < 1.29 is 13.2 Å². The number of anilines is 2. The molecule has 0 aromatic carbocycles. The number of likely N-dealkylation sites (N-methyl/N-ethyl adjacent to an activating group) is 1. The number of rotatable bonds is 5. The van der Waals surface area contributed by atoms with E-state index in [9.17, 15) is 8.42 Å². The highest BCUT2D eigenvalue weighted by Gasteiger charge is 2.25. The van der Waals surface area contributed by atoms with Gasteiger partial charge >= 0.3 is 0 Å². The third-order valence-electron chi connectivity index (χ3n) is 2.42. The molecule has 98 valence electrons. The topological polar surface area (TPSA) is 85.5 Å². The first kappa shape index (κ1) is 14.2. The van der Waals surface area contributed by atoms with Crippen molar-refractivity contribution in [1.29, 1.82) is 0 Å². The lowest BCUT2D eigenvalue weighted by molar-refractivity contribution is 0.183. The lowest BCUT2D eigenvalue weighted by Crippen LogP contribution is -2.32. The normalized spacial score (nSPS) is 13.6. The Morgan fingerprint density at radius 3 is 2.65 bits per heavy atom. The van der Waals surface area contributed by atoms with Crippen LogP contribution in [0.2, 0.25) is 0 Å². The molecule has 0 aliphatic heterocycles. The van der Waals surface area contributed by atoms with Gasteiger partial charge in [-0.2, -0.15) is 4.37 Å². The van der Waals surface area contributed by atoms with Crippen molar-refractivity contribution in [3.63, 3.8) is 0 Å². The molecule has 0 radical (unpaired) electrons. The van der Waals surface area contributed by atoms with E-state index in [0.29, 0.717) is 11.6 Å². The van der Waals surface area contributed by atoms with E-state index < -0.39 is 9.84 Å². The van der Waals surface area contributed by atoms with Gasteiger partial charge < -0.3 is 15.4 Å². The predicted molar refractivity (Wildman–Crippen MR) is 69.4 cm³/mol. The Bertz CT molecular complexity index is 484. The standard InChI is InChI=1S/C9H17N3O3S2/c1-6(5-15-3)12(2)9-7(17(4,13)14)8(10)11-16-9/h6H,5H2,1-4H3,(H2,10,11). The fourth-order valence-corrected chi connectivity index (χ4v) is 3.69. The van der Waals surface area contributed by atoms with Crippen LogP contribution in [0.4, 0.5) is 10.8 Å². The minimum absolute atomic E-state index is 0.0420. The molecule has 0 spiro atoms. The summed E-state index contributed by atoms with van der Waals surface area (Å²) in [6, 6.07) is 0.0420. The van der Waals surface area contributed by atoms with Gasteiger partial charge in [-0.1, -0.05) is 0 Å². The van der Waals surface area contributed by atoms with Gasteiger partial charge in [0.25, 0.3) is 0 Å². The minimum atomic E-state index is -3.37. The first-order chi connectivity index (χ1) is 7.79. The smallest absolute Gasteiger partial charge is 0.182 e. The fourth-order valence-electron chi connectivity index (χ4n) is 1.41. The third kappa shape index (κ3) is 3.08.